The van der Waals surface area contributed by atoms with Gasteiger partial charge in [-0.1, -0.05) is 23.8 Å². The minimum absolute atomic E-state index is 0.0433. The summed E-state index contributed by atoms with van der Waals surface area (Å²) in [5, 5.41) is 2.92. The smallest absolute Gasteiger partial charge is 0.244 e. The third-order valence-electron chi connectivity index (χ3n) is 3.49. The fourth-order valence-corrected chi connectivity index (χ4v) is 2.32. The second-order valence-electron chi connectivity index (χ2n) is 5.15. The Kier molecular flexibility index (Phi) is 5.42. The van der Waals surface area contributed by atoms with E-state index >= 15 is 0 Å². The molecule has 0 atom stereocenters. The van der Waals surface area contributed by atoms with E-state index in [-0.39, 0.29) is 5.91 Å². The van der Waals surface area contributed by atoms with Gasteiger partial charge in [0.2, 0.25) is 5.91 Å². The predicted molar refractivity (Wildman–Crippen MR) is 84.1 cm³/mol. The van der Waals surface area contributed by atoms with E-state index in [9.17, 15) is 4.79 Å². The first kappa shape index (κ1) is 14.4. The molecule has 1 aliphatic rings. The lowest BCUT2D eigenvalue weighted by atomic mass is 9.97. The zero-order valence-electron chi connectivity index (χ0n) is 11.8. The second kappa shape index (κ2) is 7.53. The molecule has 0 fully saturated rings. The van der Waals surface area contributed by atoms with Gasteiger partial charge in [0.15, 0.2) is 0 Å². The molecule has 0 unspecified atom stereocenters. The Morgan fingerprint density at radius 2 is 2.05 bits per heavy atom. The normalized spacial score (nSPS) is 15.1. The van der Waals surface area contributed by atoms with E-state index in [1.54, 1.807) is 12.2 Å². The Balaban J connectivity index is 1.72. The molecule has 3 heteroatoms. The lowest BCUT2D eigenvalue weighted by Gasteiger charge is -2.12. The monoisotopic (exact) mass is 270 g/mol. The van der Waals surface area contributed by atoms with Crippen molar-refractivity contribution in [3.63, 3.8) is 0 Å². The quantitative estimate of drug-likeness (QED) is 0.490. The van der Waals surface area contributed by atoms with Crippen molar-refractivity contribution in [2.45, 2.75) is 32.1 Å². The zero-order valence-corrected chi connectivity index (χ0v) is 11.8. The van der Waals surface area contributed by atoms with Crippen LogP contribution < -0.4 is 11.1 Å². The summed E-state index contributed by atoms with van der Waals surface area (Å²) in [6, 6.07) is 7.44. The fraction of sp³-hybridized carbons (Fsp3) is 0.353. The van der Waals surface area contributed by atoms with Crippen LogP contribution in [-0.2, 0) is 4.79 Å². The molecule has 2 rings (SSSR count). The lowest BCUT2D eigenvalue weighted by Crippen LogP contribution is -2.22. The average molecular weight is 270 g/mol. The first-order valence-corrected chi connectivity index (χ1v) is 7.23. The number of carbonyl (C=O) groups is 1. The van der Waals surface area contributed by atoms with Crippen LogP contribution in [0.25, 0.3) is 6.08 Å². The molecule has 0 radical (unpaired) electrons. The average Bonchev–Trinajstić information content (AvgIpc) is 2.48. The molecule has 1 aromatic carbocycles. The number of benzene rings is 1. The highest BCUT2D eigenvalue weighted by Crippen LogP contribution is 2.19. The fourth-order valence-electron chi connectivity index (χ4n) is 2.32. The van der Waals surface area contributed by atoms with Gasteiger partial charge in [0.1, 0.15) is 0 Å². The largest absolute Gasteiger partial charge is 0.399 e. The first-order chi connectivity index (χ1) is 9.74. The van der Waals surface area contributed by atoms with Crippen molar-refractivity contribution >= 4 is 17.7 Å². The van der Waals surface area contributed by atoms with Crippen molar-refractivity contribution in [2.75, 3.05) is 12.3 Å². The van der Waals surface area contributed by atoms with E-state index in [0.29, 0.717) is 0 Å². The number of anilines is 1. The van der Waals surface area contributed by atoms with E-state index in [0.717, 1.165) is 24.2 Å². The number of rotatable bonds is 5. The highest BCUT2D eigenvalue weighted by atomic mass is 16.1. The van der Waals surface area contributed by atoms with E-state index in [1.165, 1.54) is 31.3 Å². The number of nitrogens with two attached hydrogens (primary N) is 1. The van der Waals surface area contributed by atoms with Crippen LogP contribution in [0.3, 0.4) is 0 Å². The van der Waals surface area contributed by atoms with Gasteiger partial charge in [0, 0.05) is 18.3 Å². The highest BCUT2D eigenvalue weighted by molar-refractivity contribution is 5.91. The van der Waals surface area contributed by atoms with Crippen LogP contribution in [0.5, 0.6) is 0 Å². The first-order valence-electron chi connectivity index (χ1n) is 7.23. The molecule has 3 nitrogen and oxygen atoms in total. The Morgan fingerprint density at radius 3 is 2.75 bits per heavy atom. The van der Waals surface area contributed by atoms with Crippen molar-refractivity contribution in [3.8, 4) is 0 Å². The summed E-state index contributed by atoms with van der Waals surface area (Å²) in [5.74, 6) is -0.0433. The maximum absolute atomic E-state index is 11.7. The van der Waals surface area contributed by atoms with Crippen LogP contribution >= 0.6 is 0 Å². The van der Waals surface area contributed by atoms with Gasteiger partial charge >= 0.3 is 0 Å². The molecule has 0 aliphatic heterocycles. The molecule has 0 saturated carbocycles. The van der Waals surface area contributed by atoms with Crippen molar-refractivity contribution in [2.24, 2.45) is 0 Å². The highest BCUT2D eigenvalue weighted by Gasteiger charge is 2.03. The number of nitrogen functional groups attached to an aromatic ring is 1. The predicted octanol–water partition coefficient (Wildman–Crippen LogP) is 3.29. The number of hydrogen-bond acceptors (Lipinski definition) is 2. The van der Waals surface area contributed by atoms with Crippen LogP contribution in [0.1, 0.15) is 37.7 Å². The lowest BCUT2D eigenvalue weighted by molar-refractivity contribution is -0.116. The molecule has 0 bridgehead atoms. The minimum atomic E-state index is -0.0433. The molecular formula is C17H22N2O. The minimum Gasteiger partial charge on any atom is -0.399 e. The maximum atomic E-state index is 11.7. The van der Waals surface area contributed by atoms with E-state index in [4.69, 9.17) is 5.73 Å². The van der Waals surface area contributed by atoms with Gasteiger partial charge < -0.3 is 11.1 Å². The summed E-state index contributed by atoms with van der Waals surface area (Å²) < 4.78 is 0. The number of hydrogen-bond donors (Lipinski definition) is 2. The van der Waals surface area contributed by atoms with Crippen molar-refractivity contribution in [1.82, 2.24) is 5.32 Å². The van der Waals surface area contributed by atoms with Crippen LogP contribution in [0, 0.1) is 0 Å². The van der Waals surface area contributed by atoms with Crippen LogP contribution in [-0.4, -0.2) is 12.5 Å². The van der Waals surface area contributed by atoms with Crippen LogP contribution in [0.2, 0.25) is 0 Å². The molecule has 1 aliphatic carbocycles. The third kappa shape index (κ3) is 4.92. The summed E-state index contributed by atoms with van der Waals surface area (Å²) in [6.07, 6.45) is 11.6. The summed E-state index contributed by atoms with van der Waals surface area (Å²) in [6.45, 7) is 0.719. The molecule has 0 heterocycles. The van der Waals surface area contributed by atoms with Crippen molar-refractivity contribution in [3.05, 3.63) is 47.6 Å². The topological polar surface area (TPSA) is 55.1 Å². The van der Waals surface area contributed by atoms with Crippen LogP contribution in [0.15, 0.2) is 42.0 Å². The van der Waals surface area contributed by atoms with E-state index in [1.807, 2.05) is 24.3 Å². The maximum Gasteiger partial charge on any atom is 0.244 e. The molecule has 0 aromatic heterocycles. The third-order valence-corrected chi connectivity index (χ3v) is 3.49. The summed E-state index contributed by atoms with van der Waals surface area (Å²) in [5.41, 5.74) is 8.80. The van der Waals surface area contributed by atoms with Gasteiger partial charge in [0.05, 0.1) is 0 Å². The SMILES string of the molecule is Nc1ccc(/C=C/C(=O)NCCC2=CCCCC2)cc1. The van der Waals surface area contributed by atoms with Gasteiger partial charge in [-0.15, -0.1) is 0 Å². The Labute approximate surface area is 120 Å². The molecule has 1 aromatic rings. The standard InChI is InChI=1S/C17H22N2O/c18-16-9-6-15(7-10-16)8-11-17(20)19-13-12-14-4-2-1-3-5-14/h4,6-11H,1-3,5,12-13,18H2,(H,19,20)/b11-8+. The number of amides is 1. The van der Waals surface area contributed by atoms with Gasteiger partial charge in [-0.3, -0.25) is 4.79 Å². The zero-order chi connectivity index (χ0) is 14.2. The molecule has 20 heavy (non-hydrogen) atoms. The summed E-state index contributed by atoms with van der Waals surface area (Å²) in [7, 11) is 0. The van der Waals surface area contributed by atoms with E-state index < -0.39 is 0 Å². The summed E-state index contributed by atoms with van der Waals surface area (Å²) in [4.78, 5) is 11.7. The van der Waals surface area contributed by atoms with Gasteiger partial charge in [0.25, 0.3) is 0 Å². The van der Waals surface area contributed by atoms with Crippen molar-refractivity contribution < 1.29 is 4.79 Å². The second-order valence-corrected chi connectivity index (χ2v) is 5.15. The number of allylic oxidation sites excluding steroid dienone is 1. The molecular weight excluding hydrogens is 248 g/mol. The molecule has 0 spiro atoms. The molecule has 0 saturated heterocycles. The van der Waals surface area contributed by atoms with E-state index in [2.05, 4.69) is 11.4 Å². The summed E-state index contributed by atoms with van der Waals surface area (Å²) >= 11 is 0. The molecule has 1 amide bonds. The molecule has 106 valence electrons. The number of nitrogens with one attached hydrogen (secondary N) is 1. The number of carbonyl (C=O) groups excluding carboxylic acids is 1. The van der Waals surface area contributed by atoms with Gasteiger partial charge in [-0.05, 0) is 55.9 Å². The van der Waals surface area contributed by atoms with Crippen LogP contribution in [0.4, 0.5) is 5.69 Å². The molecule has 3 N–H and O–H groups in total. The van der Waals surface area contributed by atoms with Gasteiger partial charge in [-0.2, -0.15) is 0 Å². The van der Waals surface area contributed by atoms with Gasteiger partial charge in [-0.25, -0.2) is 0 Å². The Morgan fingerprint density at radius 1 is 1.25 bits per heavy atom. The Hall–Kier alpha value is -2.03. The van der Waals surface area contributed by atoms with Crippen molar-refractivity contribution in [1.29, 1.82) is 0 Å². The Bertz CT molecular complexity index is 500.